The Hall–Kier alpha value is -2.19. The molecule has 1 saturated carbocycles. The zero-order valence-corrected chi connectivity index (χ0v) is 23.5. The van der Waals surface area contributed by atoms with E-state index in [9.17, 15) is 0 Å². The number of aromatic nitrogens is 2. The van der Waals surface area contributed by atoms with E-state index in [4.69, 9.17) is 4.98 Å². The number of hydrogen-bond donors (Lipinski definition) is 0. The Kier molecular flexibility index (Phi) is 8.57. The van der Waals surface area contributed by atoms with Crippen molar-refractivity contribution in [1.82, 2.24) is 9.55 Å². The van der Waals surface area contributed by atoms with Gasteiger partial charge in [0, 0.05) is 40.5 Å². The topological polar surface area (TPSA) is 17.8 Å². The molecule has 0 saturated heterocycles. The van der Waals surface area contributed by atoms with Gasteiger partial charge < -0.3 is 19.4 Å². The molecule has 3 aromatic carbocycles. The van der Waals surface area contributed by atoms with Crippen molar-refractivity contribution < 1.29 is 17.9 Å². The van der Waals surface area contributed by atoms with Gasteiger partial charge in [0.25, 0.3) is 0 Å². The summed E-state index contributed by atoms with van der Waals surface area (Å²) < 4.78 is 2.33. The van der Waals surface area contributed by atoms with Gasteiger partial charge in [0.05, 0.1) is 11.2 Å². The Balaban J connectivity index is 0.000000790. The summed E-state index contributed by atoms with van der Waals surface area (Å²) in [4.78, 5) is 4.89. The van der Waals surface area contributed by atoms with Crippen molar-refractivity contribution in [1.29, 1.82) is 0 Å². The van der Waals surface area contributed by atoms with Crippen LogP contribution in [0.4, 0.5) is 0 Å². The third-order valence-electron chi connectivity index (χ3n) is 7.02. The van der Waals surface area contributed by atoms with Gasteiger partial charge in [-0.15, -0.1) is 0 Å². The van der Waals surface area contributed by atoms with E-state index >= 15 is 0 Å². The monoisotopic (exact) mass is 648 g/mol. The van der Waals surface area contributed by atoms with Crippen LogP contribution in [0.1, 0.15) is 42.7 Å². The number of hydrogen-bond acceptors (Lipinski definition) is 1. The normalized spacial score (nSPS) is 13.4. The van der Waals surface area contributed by atoms with Crippen molar-refractivity contribution in [2.75, 3.05) is 0 Å². The first-order valence-electron chi connectivity index (χ1n) is 11.2. The van der Waals surface area contributed by atoms with Gasteiger partial charge in [0.1, 0.15) is 0 Å². The third-order valence-corrected chi connectivity index (χ3v) is 7.02. The van der Waals surface area contributed by atoms with Crippen molar-refractivity contribution in [3.05, 3.63) is 92.8 Å². The second-order valence-corrected chi connectivity index (χ2v) is 8.91. The molecular weight excluding hydrogens is 616 g/mol. The molecule has 0 spiro atoms. The number of pyridine rings is 1. The third kappa shape index (κ3) is 4.42. The predicted octanol–water partition coefficient (Wildman–Crippen LogP) is 9.10. The zero-order chi connectivity index (χ0) is 22.2. The first-order valence-corrected chi connectivity index (χ1v) is 14.2. The molecule has 1 aliphatic rings. The quantitative estimate of drug-likeness (QED) is 0.175. The fourth-order valence-corrected chi connectivity index (χ4v) is 5.56. The number of halogens is 1. The summed E-state index contributed by atoms with van der Waals surface area (Å²) in [5.74, 6) is 0.731. The summed E-state index contributed by atoms with van der Waals surface area (Å²) in [5, 5.41) is 5.17. The number of benzene rings is 3. The van der Waals surface area contributed by atoms with Crippen LogP contribution in [-0.2, 0) is 24.9 Å². The molecule has 34 heavy (non-hydrogen) atoms. The van der Waals surface area contributed by atoms with Crippen LogP contribution in [0.15, 0.2) is 66.9 Å². The van der Waals surface area contributed by atoms with Crippen LogP contribution >= 0.6 is 9.58 Å². The van der Waals surface area contributed by atoms with E-state index in [0.29, 0.717) is 0 Å². The van der Waals surface area contributed by atoms with Crippen LogP contribution in [-0.4, -0.2) is 9.55 Å². The fraction of sp³-hybridized carbons (Fsp3) is 0.233. The molecular formula is C30H32ClIrN2. The van der Waals surface area contributed by atoms with E-state index in [0.717, 1.165) is 11.6 Å². The first kappa shape index (κ1) is 26.4. The molecule has 2 heterocycles. The zero-order valence-electron chi connectivity index (χ0n) is 20.4. The molecule has 0 radical (unpaired) electrons. The van der Waals surface area contributed by atoms with Gasteiger partial charge in [0.2, 0.25) is 0 Å². The fourth-order valence-electron chi connectivity index (χ4n) is 5.56. The van der Waals surface area contributed by atoms with Crippen LogP contribution in [0.25, 0.3) is 43.8 Å². The number of aryl methyl sites for hydroxylation is 2. The summed E-state index contributed by atoms with van der Waals surface area (Å²) in [5.41, 5.74) is 7.61. The molecule has 178 valence electrons. The number of fused-ring (bicyclic) bond motifs is 4. The second-order valence-electron chi connectivity index (χ2n) is 8.91. The van der Waals surface area contributed by atoms with Gasteiger partial charge in [-0.3, -0.25) is 4.98 Å². The average molecular weight is 648 g/mol. The van der Waals surface area contributed by atoms with E-state index in [-0.39, 0.29) is 14.9 Å². The van der Waals surface area contributed by atoms with E-state index in [1.54, 1.807) is 0 Å². The van der Waals surface area contributed by atoms with Gasteiger partial charge in [-0.1, -0.05) is 49.2 Å². The molecule has 0 amide bonds. The summed E-state index contributed by atoms with van der Waals surface area (Å²) in [6.07, 6.45) is 7.38. The van der Waals surface area contributed by atoms with Crippen molar-refractivity contribution in [2.24, 2.45) is 7.05 Å². The molecule has 6 rings (SSSR count). The predicted molar refractivity (Wildman–Crippen MR) is 146 cm³/mol. The minimum absolute atomic E-state index is 0. The summed E-state index contributed by atoms with van der Waals surface area (Å²) in [7, 11) is 6.81. The minimum atomic E-state index is 0. The Morgan fingerprint density at radius 1 is 0.882 bits per heavy atom. The molecule has 2 nitrogen and oxygen atoms in total. The second kappa shape index (κ2) is 11.0. The molecule has 0 unspecified atom stereocenters. The van der Waals surface area contributed by atoms with Crippen LogP contribution in [0, 0.1) is 21.8 Å². The Morgan fingerprint density at radius 3 is 2.38 bits per heavy atom. The van der Waals surface area contributed by atoms with Gasteiger partial charge in [-0.2, -0.15) is 0 Å². The molecule has 1 fully saturated rings. The van der Waals surface area contributed by atoms with Crippen LogP contribution in [0.2, 0.25) is 0 Å². The van der Waals surface area contributed by atoms with Gasteiger partial charge in [-0.05, 0) is 66.5 Å². The van der Waals surface area contributed by atoms with Crippen molar-refractivity contribution in [2.45, 2.75) is 38.5 Å². The summed E-state index contributed by atoms with van der Waals surface area (Å²) in [6, 6.07) is 22.5. The molecule has 1 aliphatic carbocycles. The molecule has 2 aromatic heterocycles. The van der Waals surface area contributed by atoms with E-state index < -0.39 is 0 Å². The Labute approximate surface area is 218 Å². The summed E-state index contributed by atoms with van der Waals surface area (Å²) >= 11 is 1.47. The molecule has 4 heteroatoms. The van der Waals surface area contributed by atoms with Gasteiger partial charge >= 0.3 is 27.5 Å². The van der Waals surface area contributed by atoms with Crippen molar-refractivity contribution in [3.8, 4) is 11.3 Å². The number of rotatable bonds is 2. The van der Waals surface area contributed by atoms with Crippen LogP contribution in [0.3, 0.4) is 0 Å². The van der Waals surface area contributed by atoms with Gasteiger partial charge in [0.15, 0.2) is 0 Å². The summed E-state index contributed by atoms with van der Waals surface area (Å²) in [6.45, 7) is 2.19. The maximum atomic E-state index is 4.89. The van der Waals surface area contributed by atoms with Crippen LogP contribution in [0.5, 0.6) is 0 Å². The first-order chi connectivity index (χ1) is 15.7. The SMILES string of the molecule is Cc1cc(-c2nccc3cc(C4CCCC4)ccc23)c2c(c1)c1ccccc1n2C.[CH3-].[CH3-].[Cl][Ir+2]. The maximum absolute atomic E-state index is 4.89. The van der Waals surface area contributed by atoms with Gasteiger partial charge in [-0.25, -0.2) is 0 Å². The molecule has 0 N–H and O–H groups in total. The van der Waals surface area contributed by atoms with E-state index in [1.807, 2.05) is 6.20 Å². The van der Waals surface area contributed by atoms with E-state index in [1.165, 1.54) is 92.8 Å². The standard InChI is InChI=1S/C28H26N2.2CH3.ClH.Ir/c1-18-15-24-23-9-5-6-10-26(23)30(2)28(24)25(16-18)27-22-12-11-20(19-7-3-4-8-19)17-21(22)13-14-29-27;;;;/h5-6,9-17,19H,3-4,7-8H2,1-2H3;2*1H3;1H;/q;2*-1;;+3/p-1. The van der Waals surface area contributed by atoms with E-state index in [2.05, 4.69) is 88.8 Å². The average Bonchev–Trinajstić information content (AvgIpc) is 3.47. The van der Waals surface area contributed by atoms with Crippen LogP contribution < -0.4 is 0 Å². The Morgan fingerprint density at radius 2 is 1.62 bits per heavy atom. The number of para-hydroxylation sites is 1. The van der Waals surface area contributed by atoms with Crippen molar-refractivity contribution in [3.63, 3.8) is 0 Å². The Bertz CT molecular complexity index is 1430. The molecule has 0 atom stereocenters. The molecule has 0 aliphatic heterocycles. The molecule has 5 aromatic rings. The van der Waals surface area contributed by atoms with Crippen molar-refractivity contribution >= 4 is 42.2 Å². The molecule has 0 bridgehead atoms. The number of nitrogens with zero attached hydrogens (tertiary/aromatic N) is 2.